The van der Waals surface area contributed by atoms with Gasteiger partial charge in [0.1, 0.15) is 24.2 Å². The van der Waals surface area contributed by atoms with E-state index in [1.807, 2.05) is 65.0 Å². The van der Waals surface area contributed by atoms with Gasteiger partial charge in [-0.05, 0) is 29.7 Å². The maximum Gasteiger partial charge on any atom is 0.329 e. The summed E-state index contributed by atoms with van der Waals surface area (Å²) in [5, 5.41) is 8.46. The lowest BCUT2D eigenvalue weighted by atomic mass is 9.94. The second-order valence-corrected chi connectivity index (χ2v) is 10.6. The van der Waals surface area contributed by atoms with E-state index in [1.165, 1.54) is 0 Å². The Bertz CT molecular complexity index is 886. The van der Waals surface area contributed by atoms with Crippen molar-refractivity contribution in [2.45, 2.75) is 97.9 Å². The number of carbonyl (C=O) groups is 4. The molecule has 36 heavy (non-hydrogen) atoms. The van der Waals surface area contributed by atoms with Crippen molar-refractivity contribution in [3.63, 3.8) is 0 Å². The van der Waals surface area contributed by atoms with E-state index in [0.29, 0.717) is 0 Å². The molecule has 5 atom stereocenters. The lowest BCUT2D eigenvalue weighted by Gasteiger charge is -2.29. The number of amides is 3. The molecule has 0 radical (unpaired) electrons. The van der Waals surface area contributed by atoms with E-state index in [4.69, 9.17) is 4.74 Å². The van der Waals surface area contributed by atoms with E-state index in [1.54, 1.807) is 0 Å². The molecule has 200 valence electrons. The minimum absolute atomic E-state index is 0.0540. The molecular formula is C28H43N3O5. The first-order valence-electron chi connectivity index (χ1n) is 13.2. The van der Waals surface area contributed by atoms with Crippen LogP contribution < -0.4 is 16.0 Å². The highest BCUT2D eigenvalue weighted by atomic mass is 16.5. The average Bonchev–Trinajstić information content (AvgIpc) is 2.83. The van der Waals surface area contributed by atoms with Gasteiger partial charge in [-0.2, -0.15) is 0 Å². The molecule has 0 aliphatic carbocycles. The van der Waals surface area contributed by atoms with Crippen LogP contribution in [0.25, 0.3) is 0 Å². The lowest BCUT2D eigenvalue weighted by Crippen LogP contribution is -2.58. The van der Waals surface area contributed by atoms with Crippen molar-refractivity contribution in [2.24, 2.45) is 17.8 Å². The molecule has 0 spiro atoms. The van der Waals surface area contributed by atoms with Gasteiger partial charge in [-0.15, -0.1) is 0 Å². The molecular weight excluding hydrogens is 458 g/mol. The number of cyclic esters (lactones) is 1. The summed E-state index contributed by atoms with van der Waals surface area (Å²) in [6.45, 7) is 11.3. The first-order chi connectivity index (χ1) is 17.0. The van der Waals surface area contributed by atoms with Crippen molar-refractivity contribution in [3.05, 3.63) is 35.9 Å². The normalized spacial score (nSPS) is 25.1. The fourth-order valence-corrected chi connectivity index (χ4v) is 4.32. The second-order valence-electron chi connectivity index (χ2n) is 10.6. The van der Waals surface area contributed by atoms with E-state index in [9.17, 15) is 19.2 Å². The summed E-state index contributed by atoms with van der Waals surface area (Å²) < 4.78 is 5.87. The predicted octanol–water partition coefficient (Wildman–Crippen LogP) is 3.14. The van der Waals surface area contributed by atoms with Gasteiger partial charge in [-0.1, -0.05) is 84.7 Å². The summed E-state index contributed by atoms with van der Waals surface area (Å²) in [6.07, 6.45) is 2.28. The number of nitrogens with one attached hydrogen (secondary N) is 3. The molecule has 1 heterocycles. The third-order valence-electron chi connectivity index (χ3n) is 6.70. The molecule has 2 rings (SSSR count). The Hall–Kier alpha value is -2.90. The largest absolute Gasteiger partial charge is 0.460 e. The van der Waals surface area contributed by atoms with Crippen LogP contribution in [0.1, 0.15) is 72.8 Å². The van der Waals surface area contributed by atoms with Crippen molar-refractivity contribution in [1.29, 1.82) is 0 Å². The average molecular weight is 502 g/mol. The van der Waals surface area contributed by atoms with Crippen molar-refractivity contribution in [3.8, 4) is 0 Å². The van der Waals surface area contributed by atoms with Crippen molar-refractivity contribution < 1.29 is 23.9 Å². The highest BCUT2D eigenvalue weighted by Gasteiger charge is 2.36. The zero-order chi connectivity index (χ0) is 26.8. The topological polar surface area (TPSA) is 114 Å². The molecule has 3 amide bonds. The highest BCUT2D eigenvalue weighted by Crippen LogP contribution is 2.21. The van der Waals surface area contributed by atoms with Gasteiger partial charge >= 0.3 is 5.97 Å². The Kier molecular flexibility index (Phi) is 11.4. The van der Waals surface area contributed by atoms with Crippen molar-refractivity contribution in [1.82, 2.24) is 16.0 Å². The highest BCUT2D eigenvalue weighted by molar-refractivity contribution is 5.94. The zero-order valence-electron chi connectivity index (χ0n) is 22.5. The molecule has 1 aromatic carbocycles. The molecule has 1 aliphatic rings. The fourth-order valence-electron chi connectivity index (χ4n) is 4.32. The van der Waals surface area contributed by atoms with Crippen LogP contribution in [0.2, 0.25) is 0 Å². The molecule has 8 nitrogen and oxygen atoms in total. The van der Waals surface area contributed by atoms with Gasteiger partial charge in [0.25, 0.3) is 0 Å². The SMILES string of the molecule is CCCCC(C)C1CC(=O)N[C@@H](Cc2ccccc2)C(=O)N[C@@H](C(C)C)C(=O)NC(C(C)C)C(=O)O1. The maximum absolute atomic E-state index is 13.4. The minimum Gasteiger partial charge on any atom is -0.460 e. The van der Waals surface area contributed by atoms with Gasteiger partial charge in [-0.25, -0.2) is 4.79 Å². The number of hydrogen-bond donors (Lipinski definition) is 3. The first kappa shape index (κ1) is 29.3. The number of unbranched alkanes of at least 4 members (excludes halogenated alkanes) is 1. The Morgan fingerprint density at radius 1 is 0.861 bits per heavy atom. The molecule has 0 saturated carbocycles. The van der Waals surface area contributed by atoms with E-state index in [-0.39, 0.29) is 36.5 Å². The standard InChI is InChI=1S/C28H43N3O5/c1-7-8-12-19(6)22-16-23(32)29-21(15-20-13-10-9-11-14-20)26(33)30-24(17(2)3)27(34)31-25(18(4)5)28(35)36-22/h9-11,13-14,17-19,21-22,24-25H,7-8,12,15-16H2,1-6H3,(H,29,32)(H,30,33)(H,31,34)/t19?,21-,22?,24-,25?/m0/s1. The molecule has 8 heteroatoms. The Morgan fingerprint density at radius 3 is 2.06 bits per heavy atom. The van der Waals surface area contributed by atoms with Crippen LogP contribution in [0.15, 0.2) is 30.3 Å². The van der Waals surface area contributed by atoms with Crippen LogP contribution in [-0.4, -0.2) is 47.9 Å². The van der Waals surface area contributed by atoms with Crippen LogP contribution in [0.3, 0.4) is 0 Å². The van der Waals surface area contributed by atoms with Crippen LogP contribution in [0.4, 0.5) is 0 Å². The molecule has 0 bridgehead atoms. The smallest absolute Gasteiger partial charge is 0.329 e. The summed E-state index contributed by atoms with van der Waals surface area (Å²) in [5.41, 5.74) is 0.881. The summed E-state index contributed by atoms with van der Waals surface area (Å²) in [7, 11) is 0. The molecule has 3 N–H and O–H groups in total. The molecule has 1 fully saturated rings. The Labute approximate surface area is 215 Å². The molecule has 1 saturated heterocycles. The third kappa shape index (κ3) is 8.64. The number of esters is 1. The summed E-state index contributed by atoms with van der Waals surface area (Å²) in [6, 6.07) is 6.76. The molecule has 1 aromatic rings. The van der Waals surface area contributed by atoms with Crippen LogP contribution in [0, 0.1) is 17.8 Å². The number of benzene rings is 1. The predicted molar refractivity (Wildman–Crippen MR) is 139 cm³/mol. The molecule has 3 unspecified atom stereocenters. The van der Waals surface area contributed by atoms with E-state index in [0.717, 1.165) is 24.8 Å². The van der Waals surface area contributed by atoms with Crippen LogP contribution in [0.5, 0.6) is 0 Å². The third-order valence-corrected chi connectivity index (χ3v) is 6.70. The number of carbonyl (C=O) groups excluding carboxylic acids is 4. The lowest BCUT2D eigenvalue weighted by molar-refractivity contribution is -0.158. The number of rotatable bonds is 8. The van der Waals surface area contributed by atoms with Gasteiger partial charge in [0.05, 0.1) is 6.42 Å². The minimum atomic E-state index is -0.888. The summed E-state index contributed by atoms with van der Waals surface area (Å²) in [4.78, 5) is 52.9. The fraction of sp³-hybridized carbons (Fsp3) is 0.643. The summed E-state index contributed by atoms with van der Waals surface area (Å²) in [5.74, 6) is -2.35. The number of hydrogen-bond acceptors (Lipinski definition) is 5. The Balaban J connectivity index is 2.43. The maximum atomic E-state index is 13.4. The summed E-state index contributed by atoms with van der Waals surface area (Å²) >= 11 is 0. The van der Waals surface area contributed by atoms with E-state index in [2.05, 4.69) is 22.9 Å². The van der Waals surface area contributed by atoms with Crippen molar-refractivity contribution in [2.75, 3.05) is 0 Å². The first-order valence-corrected chi connectivity index (χ1v) is 13.2. The van der Waals surface area contributed by atoms with Gasteiger partial charge in [0, 0.05) is 6.42 Å². The molecule has 1 aliphatic heterocycles. The van der Waals surface area contributed by atoms with Gasteiger partial charge in [-0.3, -0.25) is 14.4 Å². The van der Waals surface area contributed by atoms with Gasteiger partial charge in [0.2, 0.25) is 17.7 Å². The zero-order valence-corrected chi connectivity index (χ0v) is 22.5. The molecule has 0 aromatic heterocycles. The Morgan fingerprint density at radius 2 is 1.47 bits per heavy atom. The second kappa shape index (κ2) is 14.0. The van der Waals surface area contributed by atoms with Gasteiger partial charge in [0.15, 0.2) is 0 Å². The van der Waals surface area contributed by atoms with Crippen molar-refractivity contribution >= 4 is 23.7 Å². The quantitative estimate of drug-likeness (QED) is 0.474. The van der Waals surface area contributed by atoms with E-state index >= 15 is 0 Å². The number of ether oxygens (including phenoxy) is 1. The van der Waals surface area contributed by atoms with Crippen LogP contribution >= 0.6 is 0 Å². The van der Waals surface area contributed by atoms with Crippen LogP contribution in [-0.2, 0) is 30.3 Å². The monoisotopic (exact) mass is 501 g/mol. The van der Waals surface area contributed by atoms with E-state index < -0.39 is 42.0 Å². The van der Waals surface area contributed by atoms with Gasteiger partial charge < -0.3 is 20.7 Å².